The van der Waals surface area contributed by atoms with Crippen LogP contribution >= 0.6 is 0 Å². The van der Waals surface area contributed by atoms with E-state index >= 15 is 0 Å². The largest absolute Gasteiger partial charge is 0.337 e. The molecule has 2 aromatic rings. The van der Waals surface area contributed by atoms with Crippen LogP contribution in [0.3, 0.4) is 0 Å². The van der Waals surface area contributed by atoms with E-state index in [1.165, 1.54) is 6.42 Å². The quantitative estimate of drug-likeness (QED) is 0.929. The number of hydrogen-bond donors (Lipinski definition) is 1. The zero-order chi connectivity index (χ0) is 14.0. The molecule has 0 spiro atoms. The van der Waals surface area contributed by atoms with Crippen molar-refractivity contribution >= 4 is 0 Å². The fraction of sp³-hybridized carbons (Fsp3) is 0.533. The normalized spacial score (nSPS) is 26.6. The molecule has 0 aromatic carbocycles. The van der Waals surface area contributed by atoms with Crippen LogP contribution in [-0.2, 0) is 5.54 Å². The first-order chi connectivity index (χ1) is 9.71. The number of rotatable bonds is 3. The zero-order valence-electron chi connectivity index (χ0n) is 11.7. The van der Waals surface area contributed by atoms with Gasteiger partial charge in [0.2, 0.25) is 11.7 Å². The standard InChI is InChI=1S/C15H20N4O/c1-2-11-5-7-15(16,8-6-11)14-18-13(19-20-14)12-4-3-9-17-10-12/h3-4,9-11H,2,5-8,16H2,1H3. The second-order valence-corrected chi connectivity index (χ2v) is 5.67. The van der Waals surface area contributed by atoms with Crippen LogP contribution in [0.25, 0.3) is 11.4 Å². The lowest BCUT2D eigenvalue weighted by atomic mass is 9.76. The summed E-state index contributed by atoms with van der Waals surface area (Å²) in [4.78, 5) is 8.55. The predicted octanol–water partition coefficient (Wildman–Crippen LogP) is 2.89. The molecule has 0 aliphatic heterocycles. The number of aromatic nitrogens is 3. The fourth-order valence-electron chi connectivity index (χ4n) is 2.85. The lowest BCUT2D eigenvalue weighted by molar-refractivity contribution is 0.181. The fourth-order valence-corrected chi connectivity index (χ4v) is 2.85. The van der Waals surface area contributed by atoms with Crippen molar-refractivity contribution in [1.29, 1.82) is 0 Å². The zero-order valence-corrected chi connectivity index (χ0v) is 11.7. The summed E-state index contributed by atoms with van der Waals surface area (Å²) in [7, 11) is 0. The Kier molecular flexibility index (Phi) is 3.53. The van der Waals surface area contributed by atoms with Gasteiger partial charge in [-0.05, 0) is 43.7 Å². The van der Waals surface area contributed by atoms with Gasteiger partial charge in [0.05, 0.1) is 5.54 Å². The van der Waals surface area contributed by atoms with Crippen molar-refractivity contribution in [3.8, 4) is 11.4 Å². The maximum atomic E-state index is 6.48. The highest BCUT2D eigenvalue weighted by atomic mass is 16.5. The van der Waals surface area contributed by atoms with Crippen molar-refractivity contribution < 1.29 is 4.52 Å². The van der Waals surface area contributed by atoms with Crippen LogP contribution in [0.5, 0.6) is 0 Å². The molecule has 2 aromatic heterocycles. The van der Waals surface area contributed by atoms with Crippen LogP contribution < -0.4 is 5.73 Å². The summed E-state index contributed by atoms with van der Waals surface area (Å²) < 4.78 is 5.42. The van der Waals surface area contributed by atoms with Crippen molar-refractivity contribution in [2.75, 3.05) is 0 Å². The van der Waals surface area contributed by atoms with E-state index in [4.69, 9.17) is 10.3 Å². The third-order valence-electron chi connectivity index (χ3n) is 4.35. The van der Waals surface area contributed by atoms with Gasteiger partial charge in [-0.3, -0.25) is 4.98 Å². The van der Waals surface area contributed by atoms with Gasteiger partial charge in [-0.25, -0.2) is 0 Å². The average molecular weight is 272 g/mol. The lowest BCUT2D eigenvalue weighted by Crippen LogP contribution is -2.40. The Bertz CT molecular complexity index is 558. The molecular weight excluding hydrogens is 252 g/mol. The molecule has 0 radical (unpaired) electrons. The van der Waals surface area contributed by atoms with Crippen molar-refractivity contribution in [2.24, 2.45) is 11.7 Å². The first kappa shape index (κ1) is 13.2. The van der Waals surface area contributed by atoms with Gasteiger partial charge in [0, 0.05) is 18.0 Å². The van der Waals surface area contributed by atoms with E-state index in [-0.39, 0.29) is 0 Å². The van der Waals surface area contributed by atoms with Gasteiger partial charge < -0.3 is 10.3 Å². The highest BCUT2D eigenvalue weighted by Crippen LogP contribution is 2.38. The molecule has 2 heterocycles. The van der Waals surface area contributed by atoms with Crippen molar-refractivity contribution in [3.05, 3.63) is 30.4 Å². The minimum atomic E-state index is -0.459. The second-order valence-electron chi connectivity index (χ2n) is 5.67. The molecule has 20 heavy (non-hydrogen) atoms. The minimum Gasteiger partial charge on any atom is -0.337 e. The molecule has 5 heteroatoms. The molecule has 5 nitrogen and oxygen atoms in total. The Morgan fingerprint density at radius 1 is 1.40 bits per heavy atom. The number of nitrogens with zero attached hydrogens (tertiary/aromatic N) is 3. The summed E-state index contributed by atoms with van der Waals surface area (Å²) in [6.07, 6.45) is 8.78. The van der Waals surface area contributed by atoms with E-state index < -0.39 is 5.54 Å². The first-order valence-corrected chi connectivity index (χ1v) is 7.25. The van der Waals surface area contributed by atoms with Gasteiger partial charge in [0.15, 0.2) is 0 Å². The van der Waals surface area contributed by atoms with Crippen molar-refractivity contribution in [2.45, 2.75) is 44.6 Å². The highest BCUT2D eigenvalue weighted by molar-refractivity contribution is 5.52. The van der Waals surface area contributed by atoms with Crippen molar-refractivity contribution in [3.63, 3.8) is 0 Å². The third-order valence-corrected chi connectivity index (χ3v) is 4.35. The molecule has 2 N–H and O–H groups in total. The van der Waals surface area contributed by atoms with Gasteiger partial charge in [-0.2, -0.15) is 4.98 Å². The monoisotopic (exact) mass is 272 g/mol. The van der Waals surface area contributed by atoms with Crippen LogP contribution in [0.2, 0.25) is 0 Å². The topological polar surface area (TPSA) is 77.8 Å². The molecule has 1 aliphatic carbocycles. The van der Waals surface area contributed by atoms with Gasteiger partial charge >= 0.3 is 0 Å². The summed E-state index contributed by atoms with van der Waals surface area (Å²) in [5.41, 5.74) is 6.87. The van der Waals surface area contributed by atoms with Crippen molar-refractivity contribution in [1.82, 2.24) is 15.1 Å². The average Bonchev–Trinajstić information content (AvgIpc) is 3.00. The van der Waals surface area contributed by atoms with E-state index in [2.05, 4.69) is 22.0 Å². The van der Waals surface area contributed by atoms with Crippen LogP contribution in [0.4, 0.5) is 0 Å². The summed E-state index contributed by atoms with van der Waals surface area (Å²) in [6.45, 7) is 2.24. The molecule has 0 amide bonds. The highest BCUT2D eigenvalue weighted by Gasteiger charge is 2.37. The Morgan fingerprint density at radius 2 is 2.20 bits per heavy atom. The molecular formula is C15H20N4O. The molecule has 0 saturated heterocycles. The summed E-state index contributed by atoms with van der Waals surface area (Å²) in [5, 5.41) is 4.04. The van der Waals surface area contributed by atoms with Crippen LogP contribution in [0.1, 0.15) is 44.9 Å². The lowest BCUT2D eigenvalue weighted by Gasteiger charge is -2.33. The van der Waals surface area contributed by atoms with Gasteiger partial charge in [0.1, 0.15) is 0 Å². The Labute approximate surface area is 118 Å². The van der Waals surface area contributed by atoms with Gasteiger partial charge in [-0.15, -0.1) is 0 Å². The summed E-state index contributed by atoms with van der Waals surface area (Å²) >= 11 is 0. The molecule has 106 valence electrons. The molecule has 1 aliphatic rings. The first-order valence-electron chi connectivity index (χ1n) is 7.25. The van der Waals surface area contributed by atoms with Crippen LogP contribution in [0.15, 0.2) is 29.0 Å². The maximum absolute atomic E-state index is 6.48. The Morgan fingerprint density at radius 3 is 2.85 bits per heavy atom. The SMILES string of the molecule is CCC1CCC(N)(c2nc(-c3cccnc3)no2)CC1. The molecule has 0 atom stereocenters. The van der Waals surface area contributed by atoms with E-state index in [0.717, 1.165) is 37.2 Å². The number of pyridine rings is 1. The molecule has 3 rings (SSSR count). The third kappa shape index (κ3) is 2.45. The van der Waals surface area contributed by atoms with Gasteiger partial charge in [0.25, 0.3) is 0 Å². The summed E-state index contributed by atoms with van der Waals surface area (Å²) in [5.74, 6) is 1.91. The van der Waals surface area contributed by atoms with E-state index in [1.807, 2.05) is 12.1 Å². The molecule has 0 unspecified atom stereocenters. The van der Waals surface area contributed by atoms with Gasteiger partial charge in [-0.1, -0.05) is 18.5 Å². The van der Waals surface area contributed by atoms with E-state index in [9.17, 15) is 0 Å². The Hall–Kier alpha value is -1.75. The number of hydrogen-bond acceptors (Lipinski definition) is 5. The summed E-state index contributed by atoms with van der Waals surface area (Å²) in [6, 6.07) is 3.77. The number of nitrogens with two attached hydrogens (primary N) is 1. The smallest absolute Gasteiger partial charge is 0.247 e. The molecule has 0 bridgehead atoms. The predicted molar refractivity (Wildman–Crippen MR) is 75.6 cm³/mol. The molecule has 1 saturated carbocycles. The van der Waals surface area contributed by atoms with Crippen LogP contribution in [0, 0.1) is 5.92 Å². The van der Waals surface area contributed by atoms with E-state index in [0.29, 0.717) is 11.7 Å². The second kappa shape index (κ2) is 5.32. The van der Waals surface area contributed by atoms with E-state index in [1.54, 1.807) is 12.4 Å². The molecule has 1 fully saturated rings. The minimum absolute atomic E-state index is 0.459. The maximum Gasteiger partial charge on any atom is 0.247 e. The van der Waals surface area contributed by atoms with Crippen LogP contribution in [-0.4, -0.2) is 15.1 Å². The Balaban J connectivity index is 1.80.